The molecule has 0 unspecified atom stereocenters. The number of carboxylic acids is 2. The van der Waals surface area contributed by atoms with Gasteiger partial charge in [-0.2, -0.15) is 0 Å². The highest BCUT2D eigenvalue weighted by Gasteiger charge is 2.21. The van der Waals surface area contributed by atoms with Gasteiger partial charge in [0.15, 0.2) is 11.2 Å². The maximum Gasteiger partial charge on any atom is 0.326 e. The molecule has 12 heteroatoms. The van der Waals surface area contributed by atoms with Crippen LogP contribution < -0.4 is 16.2 Å². The van der Waals surface area contributed by atoms with Gasteiger partial charge in [-0.1, -0.05) is 6.92 Å². The van der Waals surface area contributed by atoms with Crippen molar-refractivity contribution in [3.8, 4) is 0 Å². The zero-order valence-electron chi connectivity index (χ0n) is 17.7. The van der Waals surface area contributed by atoms with Gasteiger partial charge >= 0.3 is 11.9 Å². The zero-order chi connectivity index (χ0) is 24.0. The lowest BCUT2D eigenvalue weighted by atomic mass is 10.1. The van der Waals surface area contributed by atoms with Crippen LogP contribution in [0.25, 0.3) is 11.2 Å². The number of nitrogens with one attached hydrogen (secondary N) is 3. The van der Waals surface area contributed by atoms with Crippen molar-refractivity contribution >= 4 is 34.7 Å². The van der Waals surface area contributed by atoms with Crippen molar-refractivity contribution in [3.63, 3.8) is 0 Å². The van der Waals surface area contributed by atoms with E-state index in [9.17, 15) is 19.2 Å². The molecular formula is C21H22N6O6. The number of carboxylic acid groups (broad SMARTS) is 2. The smallest absolute Gasteiger partial charge is 0.326 e. The molecule has 0 aliphatic heterocycles. The number of H-pyrrole nitrogens is 1. The van der Waals surface area contributed by atoms with Crippen molar-refractivity contribution in [3.05, 3.63) is 57.9 Å². The van der Waals surface area contributed by atoms with Crippen LogP contribution in [0, 0.1) is 0 Å². The Labute approximate surface area is 187 Å². The first-order valence-corrected chi connectivity index (χ1v) is 10.1. The number of aromatic amines is 1. The Kier molecular flexibility index (Phi) is 7.28. The minimum Gasteiger partial charge on any atom is -0.481 e. The second-order valence-electron chi connectivity index (χ2n) is 7.13. The maximum atomic E-state index is 12.3. The summed E-state index contributed by atoms with van der Waals surface area (Å²) < 4.78 is 0. The van der Waals surface area contributed by atoms with Gasteiger partial charge in [0.05, 0.1) is 18.4 Å². The second kappa shape index (κ2) is 10.3. The molecule has 3 aromatic rings. The number of carbonyl (C=O) groups excluding carboxylic acids is 1. The van der Waals surface area contributed by atoms with Crippen molar-refractivity contribution in [1.82, 2.24) is 25.3 Å². The number of aliphatic carboxylic acids is 2. The standard InChI is InChI=1S/C21H22N6O6/c1-2-15-26-18-17(20(31)27-15)24-13(10-23-18)9-22-12-5-3-11(4-6-12)19(30)25-14(21(32)33)7-8-16(28)29/h3-6,10,14,22H,2,7-9H2,1H3,(H,25,30)(H,28,29)(H,32,33)(H,23,26,27,31)/t14-/m0/s1. The highest BCUT2D eigenvalue weighted by Crippen LogP contribution is 2.12. The molecule has 0 fully saturated rings. The fourth-order valence-corrected chi connectivity index (χ4v) is 2.95. The topological polar surface area (TPSA) is 187 Å². The van der Waals surface area contributed by atoms with Gasteiger partial charge in [0.1, 0.15) is 11.9 Å². The number of rotatable bonds is 10. The number of hydrogen-bond donors (Lipinski definition) is 5. The molecule has 0 bridgehead atoms. The molecule has 33 heavy (non-hydrogen) atoms. The van der Waals surface area contributed by atoms with Crippen molar-refractivity contribution in [1.29, 1.82) is 0 Å². The molecule has 3 rings (SSSR count). The van der Waals surface area contributed by atoms with Crippen molar-refractivity contribution < 1.29 is 24.6 Å². The molecule has 0 radical (unpaired) electrons. The molecular weight excluding hydrogens is 432 g/mol. The molecule has 1 atom stereocenters. The molecule has 0 saturated carbocycles. The van der Waals surface area contributed by atoms with E-state index in [2.05, 4.69) is 30.6 Å². The first-order valence-electron chi connectivity index (χ1n) is 10.1. The van der Waals surface area contributed by atoms with Crippen molar-refractivity contribution in [2.24, 2.45) is 0 Å². The predicted molar refractivity (Wildman–Crippen MR) is 117 cm³/mol. The number of anilines is 1. The van der Waals surface area contributed by atoms with Gasteiger partial charge in [0, 0.05) is 24.1 Å². The number of aromatic nitrogens is 4. The van der Waals surface area contributed by atoms with Crippen molar-refractivity contribution in [2.75, 3.05) is 5.32 Å². The van der Waals surface area contributed by atoms with Gasteiger partial charge in [0.25, 0.3) is 11.5 Å². The summed E-state index contributed by atoms with van der Waals surface area (Å²) >= 11 is 0. The van der Waals surface area contributed by atoms with Crippen LogP contribution in [0.3, 0.4) is 0 Å². The lowest BCUT2D eigenvalue weighted by Crippen LogP contribution is -2.41. The molecule has 0 aliphatic carbocycles. The van der Waals surface area contributed by atoms with E-state index >= 15 is 0 Å². The lowest BCUT2D eigenvalue weighted by molar-refractivity contribution is -0.140. The predicted octanol–water partition coefficient (Wildman–Crippen LogP) is 0.935. The van der Waals surface area contributed by atoms with E-state index < -0.39 is 23.9 Å². The van der Waals surface area contributed by atoms with Crippen LogP contribution in [0.2, 0.25) is 0 Å². The Bertz CT molecular complexity index is 1240. The Hall–Kier alpha value is -4.35. The van der Waals surface area contributed by atoms with E-state index in [4.69, 9.17) is 10.2 Å². The van der Waals surface area contributed by atoms with Gasteiger partial charge in [-0.3, -0.25) is 14.4 Å². The minimum atomic E-state index is -1.31. The van der Waals surface area contributed by atoms with Crippen LogP contribution in [0.5, 0.6) is 0 Å². The fraction of sp³-hybridized carbons (Fsp3) is 0.286. The van der Waals surface area contributed by atoms with E-state index in [1.807, 2.05) is 6.92 Å². The second-order valence-corrected chi connectivity index (χ2v) is 7.13. The molecule has 5 N–H and O–H groups in total. The average molecular weight is 454 g/mol. The molecule has 1 aromatic carbocycles. The first-order chi connectivity index (χ1) is 15.8. The SMILES string of the molecule is CCc1nc2ncc(CNc3ccc(C(=O)N[C@@H](CCC(=O)O)C(=O)O)cc3)nc2c(=O)[nH]1. The summed E-state index contributed by atoms with van der Waals surface area (Å²) in [5.74, 6) is -2.54. The third-order valence-corrected chi connectivity index (χ3v) is 4.72. The molecule has 172 valence electrons. The van der Waals surface area contributed by atoms with Gasteiger partial charge in [-0.05, 0) is 30.7 Å². The highest BCUT2D eigenvalue weighted by atomic mass is 16.4. The maximum absolute atomic E-state index is 12.3. The van der Waals surface area contributed by atoms with Crippen LogP contribution in [0.15, 0.2) is 35.3 Å². The van der Waals surface area contributed by atoms with Crippen LogP contribution in [-0.2, 0) is 22.6 Å². The number of amides is 1. The summed E-state index contributed by atoms with van der Waals surface area (Å²) in [6.45, 7) is 2.13. The van der Waals surface area contributed by atoms with E-state index in [0.717, 1.165) is 0 Å². The molecule has 2 heterocycles. The fourth-order valence-electron chi connectivity index (χ4n) is 2.95. The summed E-state index contributed by atoms with van der Waals surface area (Å²) in [5.41, 5.74) is 1.46. The van der Waals surface area contributed by atoms with Gasteiger partial charge in [-0.15, -0.1) is 0 Å². The molecule has 0 saturated heterocycles. The summed E-state index contributed by atoms with van der Waals surface area (Å²) in [5, 5.41) is 23.3. The quantitative estimate of drug-likeness (QED) is 0.295. The Morgan fingerprint density at radius 1 is 1.12 bits per heavy atom. The van der Waals surface area contributed by atoms with Crippen molar-refractivity contribution in [2.45, 2.75) is 38.8 Å². The molecule has 0 aliphatic rings. The Balaban J connectivity index is 1.63. The van der Waals surface area contributed by atoms with Gasteiger partial charge in [0.2, 0.25) is 0 Å². The third-order valence-electron chi connectivity index (χ3n) is 4.72. The number of carbonyl (C=O) groups is 3. The molecule has 12 nitrogen and oxygen atoms in total. The summed E-state index contributed by atoms with van der Waals surface area (Å²) in [4.78, 5) is 61.7. The summed E-state index contributed by atoms with van der Waals surface area (Å²) in [7, 11) is 0. The van der Waals surface area contributed by atoms with E-state index in [-0.39, 0.29) is 41.7 Å². The van der Waals surface area contributed by atoms with Crippen LogP contribution >= 0.6 is 0 Å². The van der Waals surface area contributed by atoms with Crippen LogP contribution in [0.4, 0.5) is 5.69 Å². The Morgan fingerprint density at radius 2 is 1.85 bits per heavy atom. The van der Waals surface area contributed by atoms with E-state index in [0.29, 0.717) is 23.6 Å². The molecule has 0 spiro atoms. The van der Waals surface area contributed by atoms with E-state index in [1.165, 1.54) is 18.3 Å². The molecule has 1 amide bonds. The highest BCUT2D eigenvalue weighted by molar-refractivity contribution is 5.96. The number of aryl methyl sites for hydroxylation is 1. The monoisotopic (exact) mass is 454 g/mol. The lowest BCUT2D eigenvalue weighted by Gasteiger charge is -2.14. The van der Waals surface area contributed by atoms with Gasteiger partial charge < -0.3 is 25.8 Å². The molecule has 2 aromatic heterocycles. The normalized spacial score (nSPS) is 11.7. The largest absolute Gasteiger partial charge is 0.481 e. The van der Waals surface area contributed by atoms with Crippen LogP contribution in [-0.4, -0.2) is 54.0 Å². The third kappa shape index (κ3) is 6.09. The first kappa shape index (κ1) is 23.3. The minimum absolute atomic E-state index is 0.148. The van der Waals surface area contributed by atoms with Gasteiger partial charge in [-0.25, -0.2) is 19.7 Å². The number of nitrogens with zero attached hydrogens (tertiary/aromatic N) is 3. The Morgan fingerprint density at radius 3 is 2.48 bits per heavy atom. The summed E-state index contributed by atoms with van der Waals surface area (Å²) in [6, 6.07) is 4.95. The number of fused-ring (bicyclic) bond motifs is 1. The average Bonchev–Trinajstić information content (AvgIpc) is 2.80. The van der Waals surface area contributed by atoms with Crippen LogP contribution in [0.1, 0.15) is 41.6 Å². The van der Waals surface area contributed by atoms with E-state index in [1.54, 1.807) is 12.1 Å². The zero-order valence-corrected chi connectivity index (χ0v) is 17.7. The number of hydrogen-bond acceptors (Lipinski definition) is 8. The summed E-state index contributed by atoms with van der Waals surface area (Å²) in [6.07, 6.45) is 1.50. The number of benzene rings is 1.